The Morgan fingerprint density at radius 3 is 2.62 bits per heavy atom. The van der Waals surface area contributed by atoms with E-state index in [1.165, 1.54) is 19.1 Å². The third kappa shape index (κ3) is 3.92. The van der Waals surface area contributed by atoms with Gasteiger partial charge in [-0.3, -0.25) is 4.79 Å². The first kappa shape index (κ1) is 12.5. The first-order valence-corrected chi connectivity index (χ1v) is 4.69. The van der Waals surface area contributed by atoms with Gasteiger partial charge in [-0.1, -0.05) is 6.07 Å². The van der Waals surface area contributed by atoms with E-state index in [0.29, 0.717) is 0 Å². The van der Waals surface area contributed by atoms with Gasteiger partial charge in [0.2, 0.25) is 0 Å². The molecule has 0 aliphatic heterocycles. The van der Waals surface area contributed by atoms with Gasteiger partial charge in [-0.05, 0) is 25.1 Å². The van der Waals surface area contributed by atoms with Gasteiger partial charge in [0.05, 0.1) is 12.2 Å². The predicted molar refractivity (Wildman–Crippen MR) is 52.2 cm³/mol. The highest BCUT2D eigenvalue weighted by Crippen LogP contribution is 2.31. The number of Topliss-reactive ketones (excluding diaryl/α,β-unsaturated/α-hetero) is 1. The zero-order valence-corrected chi connectivity index (χ0v) is 8.67. The molecule has 0 spiro atoms. The van der Waals surface area contributed by atoms with Crippen molar-refractivity contribution in [2.24, 2.45) is 0 Å². The Bertz CT molecular complexity index is 372. The topological polar surface area (TPSA) is 26.3 Å². The molecule has 0 saturated heterocycles. The summed E-state index contributed by atoms with van der Waals surface area (Å²) < 4.78 is 42.0. The van der Waals surface area contributed by atoms with E-state index in [1.54, 1.807) is 0 Å². The molecule has 0 aliphatic carbocycles. The highest BCUT2D eigenvalue weighted by atomic mass is 19.4. The van der Waals surface area contributed by atoms with Crippen LogP contribution in [0.2, 0.25) is 0 Å². The smallest absolute Gasteiger partial charge is 0.416 e. The summed E-state index contributed by atoms with van der Waals surface area (Å²) in [4.78, 5) is 10.6. The minimum absolute atomic E-state index is 0.0630. The zero-order valence-electron chi connectivity index (χ0n) is 8.67. The lowest BCUT2D eigenvalue weighted by Gasteiger charge is -2.09. The van der Waals surface area contributed by atoms with Gasteiger partial charge in [0.15, 0.2) is 0 Å². The van der Waals surface area contributed by atoms with Crippen LogP contribution in [0.4, 0.5) is 13.2 Å². The molecule has 1 rings (SSSR count). The van der Waals surface area contributed by atoms with Crippen molar-refractivity contribution in [3.05, 3.63) is 29.8 Å². The Balaban J connectivity index is 2.64. The van der Waals surface area contributed by atoms with Crippen molar-refractivity contribution in [1.29, 1.82) is 0 Å². The number of benzene rings is 1. The Morgan fingerprint density at radius 1 is 1.38 bits per heavy atom. The molecule has 0 heterocycles. The SMILES string of the molecule is CC(=O)CCOc1cccc(C(F)(F)F)c1. The standard InChI is InChI=1S/C11H11F3O2/c1-8(15)5-6-16-10-4-2-3-9(7-10)11(12,13)14/h2-4,7H,5-6H2,1H3. The van der Waals surface area contributed by atoms with E-state index >= 15 is 0 Å². The summed E-state index contributed by atoms with van der Waals surface area (Å²) in [6, 6.07) is 4.58. The number of hydrogen-bond acceptors (Lipinski definition) is 2. The number of rotatable bonds is 4. The monoisotopic (exact) mass is 232 g/mol. The molecule has 0 atom stereocenters. The summed E-state index contributed by atoms with van der Waals surface area (Å²) in [5, 5.41) is 0. The van der Waals surface area contributed by atoms with Gasteiger partial charge in [0.1, 0.15) is 11.5 Å². The molecule has 0 radical (unpaired) electrons. The molecule has 0 amide bonds. The molecule has 0 aliphatic rings. The van der Waals surface area contributed by atoms with E-state index in [1.807, 2.05) is 0 Å². The third-order valence-corrected chi connectivity index (χ3v) is 1.88. The number of alkyl halides is 3. The number of hydrogen-bond donors (Lipinski definition) is 0. The molecular weight excluding hydrogens is 221 g/mol. The lowest BCUT2D eigenvalue weighted by molar-refractivity contribution is -0.137. The quantitative estimate of drug-likeness (QED) is 0.797. The van der Waals surface area contributed by atoms with Gasteiger partial charge in [-0.15, -0.1) is 0 Å². The summed E-state index contributed by atoms with van der Waals surface area (Å²) >= 11 is 0. The lowest BCUT2D eigenvalue weighted by atomic mass is 10.2. The second-order valence-corrected chi connectivity index (χ2v) is 3.33. The van der Waals surface area contributed by atoms with E-state index < -0.39 is 11.7 Å². The fourth-order valence-electron chi connectivity index (χ4n) is 1.07. The largest absolute Gasteiger partial charge is 0.493 e. The molecule has 1 aromatic carbocycles. The zero-order chi connectivity index (χ0) is 12.2. The number of carbonyl (C=O) groups is 1. The molecular formula is C11H11F3O2. The Kier molecular flexibility index (Phi) is 3.93. The van der Waals surface area contributed by atoms with Crippen molar-refractivity contribution in [3.8, 4) is 5.75 Å². The molecule has 0 bridgehead atoms. The van der Waals surface area contributed by atoms with Crippen LogP contribution in [0.25, 0.3) is 0 Å². The fourth-order valence-corrected chi connectivity index (χ4v) is 1.07. The molecule has 88 valence electrons. The van der Waals surface area contributed by atoms with Crippen LogP contribution in [-0.4, -0.2) is 12.4 Å². The first-order valence-electron chi connectivity index (χ1n) is 4.69. The van der Waals surface area contributed by atoms with Gasteiger partial charge < -0.3 is 4.74 Å². The van der Waals surface area contributed by atoms with Crippen LogP contribution in [0.3, 0.4) is 0 Å². The highest BCUT2D eigenvalue weighted by molar-refractivity contribution is 5.75. The molecule has 16 heavy (non-hydrogen) atoms. The van der Waals surface area contributed by atoms with E-state index in [9.17, 15) is 18.0 Å². The third-order valence-electron chi connectivity index (χ3n) is 1.88. The molecule has 1 aromatic rings. The average Bonchev–Trinajstić information content (AvgIpc) is 2.16. The minimum Gasteiger partial charge on any atom is -0.493 e. The molecule has 0 unspecified atom stereocenters. The number of halogens is 3. The lowest BCUT2D eigenvalue weighted by Crippen LogP contribution is -2.06. The molecule has 0 N–H and O–H groups in total. The van der Waals surface area contributed by atoms with Crippen LogP contribution in [0.1, 0.15) is 18.9 Å². The van der Waals surface area contributed by atoms with Crippen LogP contribution in [-0.2, 0) is 11.0 Å². The number of carbonyl (C=O) groups excluding carboxylic acids is 1. The van der Waals surface area contributed by atoms with Crippen LogP contribution >= 0.6 is 0 Å². The van der Waals surface area contributed by atoms with Crippen LogP contribution in [0, 0.1) is 0 Å². The summed E-state index contributed by atoms with van der Waals surface area (Å²) in [5.74, 6) is 0.0584. The number of ether oxygens (including phenoxy) is 1. The Labute approximate surface area is 91.0 Å². The normalized spacial score (nSPS) is 11.2. The molecule has 0 fully saturated rings. The van der Waals surface area contributed by atoms with E-state index in [4.69, 9.17) is 4.74 Å². The van der Waals surface area contributed by atoms with Gasteiger partial charge in [0, 0.05) is 6.42 Å². The van der Waals surface area contributed by atoms with Crippen LogP contribution < -0.4 is 4.74 Å². The average molecular weight is 232 g/mol. The van der Waals surface area contributed by atoms with Crippen molar-refractivity contribution in [3.63, 3.8) is 0 Å². The fraction of sp³-hybridized carbons (Fsp3) is 0.364. The van der Waals surface area contributed by atoms with Crippen molar-refractivity contribution in [2.75, 3.05) is 6.61 Å². The summed E-state index contributed by atoms with van der Waals surface area (Å²) in [6.07, 6.45) is -4.18. The second kappa shape index (κ2) is 5.01. The molecule has 0 aromatic heterocycles. The maximum Gasteiger partial charge on any atom is 0.416 e. The maximum atomic E-state index is 12.3. The van der Waals surface area contributed by atoms with E-state index in [-0.39, 0.29) is 24.6 Å². The summed E-state index contributed by atoms with van der Waals surface area (Å²) in [6.45, 7) is 1.49. The number of ketones is 1. The van der Waals surface area contributed by atoms with Crippen molar-refractivity contribution in [1.82, 2.24) is 0 Å². The van der Waals surface area contributed by atoms with Crippen LogP contribution in [0.5, 0.6) is 5.75 Å². The van der Waals surface area contributed by atoms with Gasteiger partial charge in [0.25, 0.3) is 0 Å². The first-order chi connectivity index (χ1) is 7.39. The molecule has 0 saturated carbocycles. The predicted octanol–water partition coefficient (Wildman–Crippen LogP) is 3.06. The Hall–Kier alpha value is -1.52. The van der Waals surface area contributed by atoms with Gasteiger partial charge >= 0.3 is 6.18 Å². The van der Waals surface area contributed by atoms with Crippen molar-refractivity contribution in [2.45, 2.75) is 19.5 Å². The maximum absolute atomic E-state index is 12.3. The molecule has 5 heteroatoms. The van der Waals surface area contributed by atoms with Crippen molar-refractivity contribution >= 4 is 5.78 Å². The Morgan fingerprint density at radius 2 is 2.06 bits per heavy atom. The summed E-state index contributed by atoms with van der Waals surface area (Å²) in [5.41, 5.74) is -0.757. The molecule has 2 nitrogen and oxygen atoms in total. The summed E-state index contributed by atoms with van der Waals surface area (Å²) in [7, 11) is 0. The van der Waals surface area contributed by atoms with Gasteiger partial charge in [-0.25, -0.2) is 0 Å². The van der Waals surface area contributed by atoms with Crippen molar-refractivity contribution < 1.29 is 22.7 Å². The highest BCUT2D eigenvalue weighted by Gasteiger charge is 2.30. The van der Waals surface area contributed by atoms with E-state index in [2.05, 4.69) is 0 Å². The minimum atomic E-state index is -4.38. The van der Waals surface area contributed by atoms with E-state index in [0.717, 1.165) is 12.1 Å². The second-order valence-electron chi connectivity index (χ2n) is 3.33. The van der Waals surface area contributed by atoms with Crippen LogP contribution in [0.15, 0.2) is 24.3 Å². The van der Waals surface area contributed by atoms with Gasteiger partial charge in [-0.2, -0.15) is 13.2 Å².